The van der Waals surface area contributed by atoms with Crippen LogP contribution in [0.4, 0.5) is 0 Å². The van der Waals surface area contributed by atoms with Crippen LogP contribution < -0.4 is 14.8 Å². The van der Waals surface area contributed by atoms with Gasteiger partial charge in [-0.25, -0.2) is 0 Å². The van der Waals surface area contributed by atoms with E-state index in [1.54, 1.807) is 31.4 Å². The lowest BCUT2D eigenvalue weighted by Crippen LogP contribution is -2.26. The Morgan fingerprint density at radius 3 is 2.45 bits per heavy atom. The van der Waals surface area contributed by atoms with Crippen LogP contribution in [0, 0.1) is 0 Å². The van der Waals surface area contributed by atoms with E-state index < -0.39 is 0 Å². The van der Waals surface area contributed by atoms with Crippen molar-refractivity contribution >= 4 is 5.91 Å². The number of benzene rings is 2. The van der Waals surface area contributed by atoms with Gasteiger partial charge < -0.3 is 14.8 Å². The van der Waals surface area contributed by atoms with Gasteiger partial charge in [0.1, 0.15) is 11.5 Å². The van der Waals surface area contributed by atoms with Crippen molar-refractivity contribution in [3.63, 3.8) is 0 Å². The Balaban J connectivity index is 2.07. The molecule has 4 nitrogen and oxygen atoms in total. The highest BCUT2D eigenvalue weighted by Gasteiger charge is 2.14. The molecule has 2 aromatic carbocycles. The fourth-order valence-electron chi connectivity index (χ4n) is 2.25. The zero-order valence-electron chi connectivity index (χ0n) is 13.1. The number of ether oxygens (including phenoxy) is 2. The third-order valence-corrected chi connectivity index (χ3v) is 3.38. The van der Waals surface area contributed by atoms with Gasteiger partial charge in [0.25, 0.3) is 5.91 Å². The average Bonchev–Trinajstić information content (AvgIpc) is 2.55. The van der Waals surface area contributed by atoms with E-state index in [9.17, 15) is 4.79 Å². The van der Waals surface area contributed by atoms with Crippen molar-refractivity contribution in [2.24, 2.45) is 0 Å². The predicted molar refractivity (Wildman–Crippen MR) is 86.5 cm³/mol. The van der Waals surface area contributed by atoms with Crippen molar-refractivity contribution in [3.05, 3.63) is 59.7 Å². The first-order valence-electron chi connectivity index (χ1n) is 7.32. The molecule has 0 aliphatic heterocycles. The Bertz CT molecular complexity index is 622. The number of nitrogens with one attached hydrogen (secondary N) is 1. The Labute approximate surface area is 131 Å². The molecule has 0 aliphatic carbocycles. The standard InChI is InChI=1S/C18H21NO3/c1-4-22-15-11-9-14(10-12-15)18(20)19-13(2)16-7-5-6-8-17(16)21-3/h5-13H,4H2,1-3H3,(H,19,20). The van der Waals surface area contributed by atoms with Crippen LogP contribution in [0.2, 0.25) is 0 Å². The lowest BCUT2D eigenvalue weighted by Gasteiger charge is -2.17. The summed E-state index contributed by atoms with van der Waals surface area (Å²) in [5, 5.41) is 2.98. The summed E-state index contributed by atoms with van der Waals surface area (Å²) in [5.74, 6) is 1.40. The van der Waals surface area contributed by atoms with E-state index >= 15 is 0 Å². The van der Waals surface area contributed by atoms with Crippen LogP contribution >= 0.6 is 0 Å². The van der Waals surface area contributed by atoms with Crippen molar-refractivity contribution in [2.45, 2.75) is 19.9 Å². The van der Waals surface area contributed by atoms with Crippen LogP contribution in [-0.4, -0.2) is 19.6 Å². The van der Waals surface area contributed by atoms with Gasteiger partial charge in [-0.1, -0.05) is 18.2 Å². The summed E-state index contributed by atoms with van der Waals surface area (Å²) >= 11 is 0. The second-order valence-corrected chi connectivity index (χ2v) is 4.89. The quantitative estimate of drug-likeness (QED) is 0.887. The molecule has 2 rings (SSSR count). The van der Waals surface area contributed by atoms with Gasteiger partial charge in [0.05, 0.1) is 19.8 Å². The molecule has 1 amide bonds. The molecule has 0 saturated carbocycles. The first-order chi connectivity index (χ1) is 10.7. The second kappa shape index (κ2) is 7.50. The van der Waals surface area contributed by atoms with E-state index in [0.29, 0.717) is 12.2 Å². The molecular weight excluding hydrogens is 278 g/mol. The highest BCUT2D eigenvalue weighted by atomic mass is 16.5. The molecule has 0 aromatic heterocycles. The molecule has 0 heterocycles. The van der Waals surface area contributed by atoms with Gasteiger partial charge in [-0.05, 0) is 44.2 Å². The number of amides is 1. The van der Waals surface area contributed by atoms with E-state index in [1.165, 1.54) is 0 Å². The van der Waals surface area contributed by atoms with Gasteiger partial charge in [0.15, 0.2) is 0 Å². The molecular formula is C18H21NO3. The maximum atomic E-state index is 12.3. The maximum Gasteiger partial charge on any atom is 0.251 e. The van der Waals surface area contributed by atoms with E-state index in [0.717, 1.165) is 17.1 Å². The van der Waals surface area contributed by atoms with Gasteiger partial charge in [-0.3, -0.25) is 4.79 Å². The average molecular weight is 299 g/mol. The largest absolute Gasteiger partial charge is 0.496 e. The number of para-hydroxylation sites is 1. The number of carbonyl (C=O) groups is 1. The SMILES string of the molecule is CCOc1ccc(C(=O)NC(C)c2ccccc2OC)cc1. The third kappa shape index (κ3) is 3.79. The minimum absolute atomic E-state index is 0.124. The minimum Gasteiger partial charge on any atom is -0.496 e. The molecule has 0 aliphatic rings. The van der Waals surface area contributed by atoms with Gasteiger partial charge in [-0.15, -0.1) is 0 Å². The monoisotopic (exact) mass is 299 g/mol. The van der Waals surface area contributed by atoms with Crippen LogP contribution in [0.5, 0.6) is 11.5 Å². The highest BCUT2D eigenvalue weighted by Crippen LogP contribution is 2.24. The first-order valence-corrected chi connectivity index (χ1v) is 7.32. The van der Waals surface area contributed by atoms with Crippen LogP contribution in [0.25, 0.3) is 0 Å². The molecule has 116 valence electrons. The van der Waals surface area contributed by atoms with E-state index in [1.807, 2.05) is 38.1 Å². The number of hydrogen-bond donors (Lipinski definition) is 1. The summed E-state index contributed by atoms with van der Waals surface area (Å²) in [4.78, 5) is 12.3. The second-order valence-electron chi connectivity index (χ2n) is 4.89. The summed E-state index contributed by atoms with van der Waals surface area (Å²) in [6.07, 6.45) is 0. The fourth-order valence-corrected chi connectivity index (χ4v) is 2.25. The Morgan fingerprint density at radius 1 is 1.14 bits per heavy atom. The molecule has 0 radical (unpaired) electrons. The minimum atomic E-state index is -0.143. The lowest BCUT2D eigenvalue weighted by atomic mass is 10.1. The van der Waals surface area contributed by atoms with Crippen molar-refractivity contribution in [2.75, 3.05) is 13.7 Å². The topological polar surface area (TPSA) is 47.6 Å². The predicted octanol–water partition coefficient (Wildman–Crippen LogP) is 3.58. The van der Waals surface area contributed by atoms with Crippen LogP contribution in [0.15, 0.2) is 48.5 Å². The Kier molecular flexibility index (Phi) is 5.42. The van der Waals surface area contributed by atoms with Crippen molar-refractivity contribution in [3.8, 4) is 11.5 Å². The van der Waals surface area contributed by atoms with E-state index in [-0.39, 0.29) is 11.9 Å². The lowest BCUT2D eigenvalue weighted by molar-refractivity contribution is 0.0939. The first kappa shape index (κ1) is 15.9. The fraction of sp³-hybridized carbons (Fsp3) is 0.278. The Morgan fingerprint density at radius 2 is 1.82 bits per heavy atom. The van der Waals surface area contributed by atoms with Crippen molar-refractivity contribution in [1.82, 2.24) is 5.32 Å². The van der Waals surface area contributed by atoms with E-state index in [4.69, 9.17) is 9.47 Å². The van der Waals surface area contributed by atoms with Gasteiger partial charge in [-0.2, -0.15) is 0 Å². The summed E-state index contributed by atoms with van der Waals surface area (Å²) in [6.45, 7) is 4.47. The zero-order chi connectivity index (χ0) is 15.9. The molecule has 22 heavy (non-hydrogen) atoms. The van der Waals surface area contributed by atoms with Crippen LogP contribution in [-0.2, 0) is 0 Å². The smallest absolute Gasteiger partial charge is 0.251 e. The van der Waals surface area contributed by atoms with Crippen LogP contribution in [0.3, 0.4) is 0 Å². The summed E-state index contributed by atoms with van der Waals surface area (Å²) in [7, 11) is 1.62. The summed E-state index contributed by atoms with van der Waals surface area (Å²) < 4.78 is 10.7. The summed E-state index contributed by atoms with van der Waals surface area (Å²) in [6, 6.07) is 14.6. The molecule has 0 saturated heterocycles. The number of rotatable bonds is 6. The van der Waals surface area contributed by atoms with Gasteiger partial charge in [0.2, 0.25) is 0 Å². The molecule has 1 N–H and O–H groups in total. The molecule has 1 atom stereocenters. The molecule has 0 bridgehead atoms. The van der Waals surface area contributed by atoms with Crippen molar-refractivity contribution < 1.29 is 14.3 Å². The third-order valence-electron chi connectivity index (χ3n) is 3.38. The Hall–Kier alpha value is -2.49. The van der Waals surface area contributed by atoms with Crippen molar-refractivity contribution in [1.29, 1.82) is 0 Å². The number of methoxy groups -OCH3 is 1. The van der Waals surface area contributed by atoms with Gasteiger partial charge >= 0.3 is 0 Å². The molecule has 0 spiro atoms. The highest BCUT2D eigenvalue weighted by molar-refractivity contribution is 5.94. The normalized spacial score (nSPS) is 11.6. The van der Waals surface area contributed by atoms with Crippen LogP contribution in [0.1, 0.15) is 35.8 Å². The zero-order valence-corrected chi connectivity index (χ0v) is 13.1. The maximum absolute atomic E-state index is 12.3. The van der Waals surface area contributed by atoms with E-state index in [2.05, 4.69) is 5.32 Å². The molecule has 2 aromatic rings. The number of hydrogen-bond acceptors (Lipinski definition) is 3. The number of carbonyl (C=O) groups excluding carboxylic acids is 1. The summed E-state index contributed by atoms with van der Waals surface area (Å²) in [5.41, 5.74) is 1.55. The van der Waals surface area contributed by atoms with Gasteiger partial charge in [0, 0.05) is 11.1 Å². The molecule has 1 unspecified atom stereocenters. The molecule has 0 fully saturated rings. The molecule has 4 heteroatoms.